The van der Waals surface area contributed by atoms with Crippen molar-refractivity contribution < 1.29 is 19.1 Å². The van der Waals surface area contributed by atoms with Gasteiger partial charge in [0.25, 0.3) is 5.91 Å². The molecular formula is C14H17N3O4. The normalized spacial score (nSPS) is 14.0. The number of nitrogens with zero attached hydrogens (tertiary/aromatic N) is 1. The second-order valence-electron chi connectivity index (χ2n) is 4.59. The van der Waals surface area contributed by atoms with E-state index in [-0.39, 0.29) is 24.9 Å². The summed E-state index contributed by atoms with van der Waals surface area (Å²) in [6.07, 6.45) is 0.642. The van der Waals surface area contributed by atoms with Crippen LogP contribution in [-0.2, 0) is 16.0 Å². The highest BCUT2D eigenvalue weighted by Crippen LogP contribution is 2.12. The van der Waals surface area contributed by atoms with Gasteiger partial charge < -0.3 is 15.4 Å². The number of hydrogen-bond acceptors (Lipinski definition) is 4. The average Bonchev–Trinajstić information content (AvgIpc) is 2.79. The molecule has 21 heavy (non-hydrogen) atoms. The molecule has 0 atom stereocenters. The van der Waals surface area contributed by atoms with Crippen LogP contribution in [0.25, 0.3) is 0 Å². The number of amides is 4. The third-order valence-corrected chi connectivity index (χ3v) is 3.11. The van der Waals surface area contributed by atoms with Crippen molar-refractivity contribution in [2.75, 3.05) is 26.7 Å². The quantitative estimate of drug-likeness (QED) is 0.717. The molecule has 1 fully saturated rings. The molecule has 4 amide bonds. The molecule has 1 aromatic carbocycles. The standard InChI is InChI=1S/C14H17N3O4/c1-21-11-4-2-3-10(7-11)5-6-15-12(18)9-17-13(19)8-16-14(17)20/h2-4,7H,5-6,8-9H2,1H3,(H,15,18)(H,16,20). The predicted octanol–water partition coefficient (Wildman–Crippen LogP) is -0.0943. The van der Waals surface area contributed by atoms with E-state index in [9.17, 15) is 14.4 Å². The number of urea groups is 1. The maximum atomic E-state index is 11.7. The minimum atomic E-state index is -0.525. The zero-order valence-corrected chi connectivity index (χ0v) is 11.7. The Morgan fingerprint density at radius 1 is 1.43 bits per heavy atom. The van der Waals surface area contributed by atoms with Gasteiger partial charge in [-0.15, -0.1) is 0 Å². The van der Waals surface area contributed by atoms with Crippen molar-refractivity contribution >= 4 is 17.8 Å². The van der Waals surface area contributed by atoms with E-state index in [1.165, 1.54) is 0 Å². The lowest BCUT2D eigenvalue weighted by molar-refractivity contribution is -0.130. The third kappa shape index (κ3) is 3.95. The summed E-state index contributed by atoms with van der Waals surface area (Å²) in [4.78, 5) is 35.2. The Kier molecular flexibility index (Phi) is 4.76. The number of nitrogens with one attached hydrogen (secondary N) is 2. The van der Waals surface area contributed by atoms with E-state index in [4.69, 9.17) is 4.74 Å². The zero-order chi connectivity index (χ0) is 15.2. The average molecular weight is 291 g/mol. The summed E-state index contributed by atoms with van der Waals surface area (Å²) in [5, 5.41) is 5.05. The molecule has 2 rings (SSSR count). The van der Waals surface area contributed by atoms with E-state index in [1.54, 1.807) is 7.11 Å². The highest BCUT2D eigenvalue weighted by molar-refractivity contribution is 6.04. The molecule has 1 aliphatic heterocycles. The smallest absolute Gasteiger partial charge is 0.325 e. The third-order valence-electron chi connectivity index (χ3n) is 3.11. The molecule has 112 valence electrons. The lowest BCUT2D eigenvalue weighted by Gasteiger charge is -2.12. The number of benzene rings is 1. The monoisotopic (exact) mass is 291 g/mol. The van der Waals surface area contributed by atoms with E-state index in [0.717, 1.165) is 16.2 Å². The number of rotatable bonds is 6. The first-order chi connectivity index (χ1) is 10.1. The Morgan fingerprint density at radius 2 is 2.24 bits per heavy atom. The van der Waals surface area contributed by atoms with Gasteiger partial charge >= 0.3 is 6.03 Å². The van der Waals surface area contributed by atoms with E-state index in [0.29, 0.717) is 13.0 Å². The van der Waals surface area contributed by atoms with Crippen molar-refractivity contribution in [3.63, 3.8) is 0 Å². The fourth-order valence-electron chi connectivity index (χ4n) is 1.99. The second kappa shape index (κ2) is 6.74. The van der Waals surface area contributed by atoms with Gasteiger partial charge in [-0.05, 0) is 24.1 Å². The molecule has 1 aliphatic rings. The van der Waals surface area contributed by atoms with Gasteiger partial charge in [0, 0.05) is 6.54 Å². The van der Waals surface area contributed by atoms with E-state index in [2.05, 4.69) is 10.6 Å². The van der Waals surface area contributed by atoms with Crippen LogP contribution in [0.15, 0.2) is 24.3 Å². The summed E-state index contributed by atoms with van der Waals surface area (Å²) < 4.78 is 5.12. The number of carbonyl (C=O) groups excluding carboxylic acids is 3. The number of carbonyl (C=O) groups is 3. The Bertz CT molecular complexity index is 543. The Balaban J connectivity index is 1.76. The van der Waals surface area contributed by atoms with Crippen LogP contribution in [0.4, 0.5) is 4.79 Å². The Morgan fingerprint density at radius 3 is 2.90 bits per heavy atom. The Hall–Kier alpha value is -2.57. The molecule has 0 unspecified atom stereocenters. The number of methoxy groups -OCH3 is 1. The van der Waals surface area contributed by atoms with Crippen LogP contribution in [0, 0.1) is 0 Å². The molecule has 7 nitrogen and oxygen atoms in total. The fourth-order valence-corrected chi connectivity index (χ4v) is 1.99. The van der Waals surface area contributed by atoms with Gasteiger partial charge in [-0.25, -0.2) is 4.79 Å². The van der Waals surface area contributed by atoms with E-state index >= 15 is 0 Å². The van der Waals surface area contributed by atoms with Crippen molar-refractivity contribution in [1.29, 1.82) is 0 Å². The van der Waals surface area contributed by atoms with Crippen LogP contribution in [-0.4, -0.2) is 49.5 Å². The Labute approximate surface area is 122 Å². The molecule has 7 heteroatoms. The molecule has 0 saturated carbocycles. The largest absolute Gasteiger partial charge is 0.497 e. The molecule has 0 aliphatic carbocycles. The highest BCUT2D eigenvalue weighted by Gasteiger charge is 2.29. The highest BCUT2D eigenvalue weighted by atomic mass is 16.5. The maximum absolute atomic E-state index is 11.7. The minimum Gasteiger partial charge on any atom is -0.497 e. The van der Waals surface area contributed by atoms with Crippen molar-refractivity contribution in [2.45, 2.75) is 6.42 Å². The number of imide groups is 1. The van der Waals surface area contributed by atoms with Gasteiger partial charge in [0.15, 0.2) is 0 Å². The van der Waals surface area contributed by atoms with Gasteiger partial charge in [-0.1, -0.05) is 12.1 Å². The van der Waals surface area contributed by atoms with Crippen molar-refractivity contribution in [2.24, 2.45) is 0 Å². The van der Waals surface area contributed by atoms with Crippen LogP contribution < -0.4 is 15.4 Å². The van der Waals surface area contributed by atoms with E-state index < -0.39 is 6.03 Å². The van der Waals surface area contributed by atoms with Gasteiger partial charge in [-0.2, -0.15) is 0 Å². The van der Waals surface area contributed by atoms with Crippen LogP contribution in [0.2, 0.25) is 0 Å². The summed E-state index contributed by atoms with van der Waals surface area (Å²) in [6.45, 7) is 0.133. The van der Waals surface area contributed by atoms with Gasteiger partial charge in [0.2, 0.25) is 5.91 Å². The van der Waals surface area contributed by atoms with Gasteiger partial charge in [0.05, 0.1) is 13.7 Å². The minimum absolute atomic E-state index is 0.0457. The van der Waals surface area contributed by atoms with Crippen LogP contribution in [0.5, 0.6) is 5.75 Å². The van der Waals surface area contributed by atoms with Gasteiger partial charge in [-0.3, -0.25) is 14.5 Å². The first-order valence-corrected chi connectivity index (χ1v) is 6.58. The molecule has 1 aromatic rings. The van der Waals surface area contributed by atoms with Crippen LogP contribution in [0.3, 0.4) is 0 Å². The van der Waals surface area contributed by atoms with Crippen molar-refractivity contribution in [3.05, 3.63) is 29.8 Å². The molecular weight excluding hydrogens is 274 g/mol. The summed E-state index contributed by atoms with van der Waals surface area (Å²) >= 11 is 0. The molecule has 0 bridgehead atoms. The van der Waals surface area contributed by atoms with Gasteiger partial charge in [0.1, 0.15) is 12.3 Å². The number of hydrogen-bond donors (Lipinski definition) is 2. The summed E-state index contributed by atoms with van der Waals surface area (Å²) in [7, 11) is 1.60. The molecule has 0 aromatic heterocycles. The zero-order valence-electron chi connectivity index (χ0n) is 11.7. The lowest BCUT2D eigenvalue weighted by atomic mass is 10.1. The molecule has 1 saturated heterocycles. The molecule has 2 N–H and O–H groups in total. The molecule has 0 radical (unpaired) electrons. The van der Waals surface area contributed by atoms with Crippen molar-refractivity contribution in [3.8, 4) is 5.75 Å². The first kappa shape index (κ1) is 14.8. The molecule has 0 spiro atoms. The summed E-state index contributed by atoms with van der Waals surface area (Å²) in [6, 6.07) is 7.03. The van der Waals surface area contributed by atoms with E-state index in [1.807, 2.05) is 24.3 Å². The summed E-state index contributed by atoms with van der Waals surface area (Å²) in [5.41, 5.74) is 1.03. The van der Waals surface area contributed by atoms with Crippen LogP contribution in [0.1, 0.15) is 5.56 Å². The number of ether oxygens (including phenoxy) is 1. The topological polar surface area (TPSA) is 87.7 Å². The van der Waals surface area contributed by atoms with Crippen LogP contribution >= 0.6 is 0 Å². The molecule has 1 heterocycles. The predicted molar refractivity (Wildman–Crippen MR) is 74.8 cm³/mol. The SMILES string of the molecule is COc1cccc(CCNC(=O)CN2C(=O)CNC2=O)c1. The summed E-state index contributed by atoms with van der Waals surface area (Å²) in [5.74, 6) is 0.0180. The first-order valence-electron chi connectivity index (χ1n) is 6.58. The maximum Gasteiger partial charge on any atom is 0.325 e. The second-order valence-corrected chi connectivity index (χ2v) is 4.59. The lowest BCUT2D eigenvalue weighted by Crippen LogP contribution is -2.41. The van der Waals surface area contributed by atoms with Crippen molar-refractivity contribution in [1.82, 2.24) is 15.5 Å². The fraction of sp³-hybridized carbons (Fsp3) is 0.357.